The average Bonchev–Trinajstić information content (AvgIpc) is 3.43. The Hall–Kier alpha value is -6.44. The summed E-state index contributed by atoms with van der Waals surface area (Å²) >= 11 is 11.9. The van der Waals surface area contributed by atoms with Crippen LogP contribution in [0.15, 0.2) is 231 Å². The smallest absolute Gasteiger partial charge is 0.0484 e. The third-order valence-corrected chi connectivity index (χ3v) is 13.8. The van der Waals surface area contributed by atoms with Gasteiger partial charge in [0.15, 0.2) is 0 Å². The van der Waals surface area contributed by atoms with Crippen LogP contribution in [0.3, 0.4) is 0 Å². The highest BCUT2D eigenvalue weighted by Gasteiger charge is 2.06. The van der Waals surface area contributed by atoms with Crippen molar-refractivity contribution in [3.05, 3.63) is 285 Å². The van der Waals surface area contributed by atoms with Crippen molar-refractivity contribution >= 4 is 23.2 Å². The molecular formula is C74H86Cl2. The Labute approximate surface area is 471 Å². The summed E-state index contributed by atoms with van der Waals surface area (Å²) in [6.45, 7) is 30.7. The standard InChI is InChI=1S/C16H18.C15H15Cl.C15H16.C10H14.C9H11Cl.C9H12/c1-12(2)14-8-10-15(11-9-14)16-7-5-4-6-13(16)3;1-11(2)12-7-9-13(10-8-12)14-5-3-4-6-15(14)16;1-12(2)13-8-10-15(11-9-13)14-6-4-3-5-7-14;1-8(2)10-6-4-9(3)5-7-10;1-7(2)8-3-5-9(10)6-4-8;1-8(2)9-6-4-3-5-7-9/h4-12H,1-3H3;3-11H,1-2H3;3-12H,1-2H3;4-8H,1-3H3;3-7H,1-2H3;3-8H,1-2H3. The van der Waals surface area contributed by atoms with Gasteiger partial charge in [0, 0.05) is 15.6 Å². The molecule has 9 aromatic rings. The number of aryl methyl sites for hydroxylation is 2. The number of halogens is 2. The summed E-state index contributed by atoms with van der Waals surface area (Å²) < 4.78 is 0. The SMILES string of the molecule is CC(C)c1ccc(-c2ccccc2)cc1.CC(C)c1ccc(-c2ccccc2Cl)cc1.CC(C)c1ccc(Cl)cc1.CC(C)c1ccccc1.Cc1ccc(C(C)C)cc1.Cc1ccccc1-c1ccc(C(C)C)cc1. The second-order valence-electron chi connectivity index (χ2n) is 21.3. The van der Waals surface area contributed by atoms with Gasteiger partial charge in [-0.05, 0) is 134 Å². The number of hydrogen-bond acceptors (Lipinski definition) is 0. The Bertz CT molecular complexity index is 2800. The average molecular weight is 1050 g/mol. The Morgan fingerprint density at radius 1 is 0.237 bits per heavy atom. The fraction of sp³-hybridized carbons (Fsp3) is 0.270. The number of benzene rings is 9. The molecule has 0 aromatic heterocycles. The fourth-order valence-electron chi connectivity index (χ4n) is 8.02. The fourth-order valence-corrected chi connectivity index (χ4v) is 8.39. The molecule has 0 spiro atoms. The van der Waals surface area contributed by atoms with Gasteiger partial charge in [-0.25, -0.2) is 0 Å². The lowest BCUT2D eigenvalue weighted by atomic mass is 9.97. The summed E-state index contributed by atoms with van der Waals surface area (Å²) in [5.74, 6) is 3.69. The number of rotatable bonds is 9. The van der Waals surface area contributed by atoms with Gasteiger partial charge < -0.3 is 0 Å². The van der Waals surface area contributed by atoms with Crippen LogP contribution in [0.4, 0.5) is 0 Å². The van der Waals surface area contributed by atoms with E-state index in [2.05, 4.69) is 279 Å². The zero-order valence-corrected chi connectivity index (χ0v) is 49.7. The molecule has 0 heterocycles. The summed E-state index contributed by atoms with van der Waals surface area (Å²) in [4.78, 5) is 0. The lowest BCUT2D eigenvalue weighted by Crippen LogP contribution is -1.87. The molecule has 0 aliphatic carbocycles. The van der Waals surface area contributed by atoms with E-state index < -0.39 is 0 Å². The van der Waals surface area contributed by atoms with Crippen LogP contribution in [0.2, 0.25) is 10.0 Å². The van der Waals surface area contributed by atoms with E-state index in [9.17, 15) is 0 Å². The van der Waals surface area contributed by atoms with Crippen LogP contribution in [0.1, 0.15) is 163 Å². The van der Waals surface area contributed by atoms with E-state index in [1.807, 2.05) is 48.5 Å². The zero-order chi connectivity index (χ0) is 55.6. The predicted octanol–water partition coefficient (Wildman–Crippen LogP) is 23.8. The molecular weight excluding hydrogens is 960 g/mol. The molecule has 0 saturated heterocycles. The van der Waals surface area contributed by atoms with Crippen molar-refractivity contribution < 1.29 is 0 Å². The molecule has 0 aliphatic rings. The molecule has 0 nitrogen and oxygen atoms in total. The van der Waals surface area contributed by atoms with Crippen LogP contribution in [0, 0.1) is 13.8 Å². The maximum Gasteiger partial charge on any atom is 0.0484 e. The van der Waals surface area contributed by atoms with Crippen molar-refractivity contribution in [1.29, 1.82) is 0 Å². The van der Waals surface area contributed by atoms with Crippen LogP contribution in [-0.2, 0) is 0 Å². The summed E-state index contributed by atoms with van der Waals surface area (Å²) in [5.41, 5.74) is 18.5. The van der Waals surface area contributed by atoms with Gasteiger partial charge in [0.05, 0.1) is 0 Å². The Kier molecular flexibility index (Phi) is 26.9. The molecule has 2 heteroatoms. The van der Waals surface area contributed by atoms with E-state index in [-0.39, 0.29) is 0 Å². The largest absolute Gasteiger partial charge is 0.0843 e. The van der Waals surface area contributed by atoms with E-state index in [4.69, 9.17) is 23.2 Å². The van der Waals surface area contributed by atoms with Crippen molar-refractivity contribution in [3.8, 4) is 33.4 Å². The topological polar surface area (TPSA) is 0 Å². The van der Waals surface area contributed by atoms with Crippen molar-refractivity contribution in [2.75, 3.05) is 0 Å². The highest BCUT2D eigenvalue weighted by Crippen LogP contribution is 2.29. The first-order chi connectivity index (χ1) is 36.3. The maximum atomic E-state index is 6.16. The molecule has 0 radical (unpaired) electrons. The monoisotopic (exact) mass is 1040 g/mol. The van der Waals surface area contributed by atoms with E-state index in [1.165, 1.54) is 72.3 Å². The summed E-state index contributed by atoms with van der Waals surface area (Å²) in [7, 11) is 0. The first-order valence-electron chi connectivity index (χ1n) is 27.4. The third kappa shape index (κ3) is 21.7. The normalized spacial score (nSPS) is 10.6. The third-order valence-electron chi connectivity index (χ3n) is 13.2. The van der Waals surface area contributed by atoms with Gasteiger partial charge in [-0.3, -0.25) is 0 Å². The molecule has 0 bridgehead atoms. The molecule has 0 amide bonds. The summed E-state index contributed by atoms with van der Waals surface area (Å²) in [6.07, 6.45) is 0. The second-order valence-corrected chi connectivity index (χ2v) is 22.2. The minimum Gasteiger partial charge on any atom is -0.0843 e. The molecule has 0 N–H and O–H groups in total. The Morgan fingerprint density at radius 3 is 0.882 bits per heavy atom. The van der Waals surface area contributed by atoms with E-state index >= 15 is 0 Å². The van der Waals surface area contributed by atoms with E-state index in [1.54, 1.807) is 0 Å². The van der Waals surface area contributed by atoms with Crippen LogP contribution < -0.4 is 0 Å². The van der Waals surface area contributed by atoms with E-state index in [0.717, 1.165) is 15.6 Å². The molecule has 76 heavy (non-hydrogen) atoms. The van der Waals surface area contributed by atoms with Gasteiger partial charge in [0.2, 0.25) is 0 Å². The molecule has 9 aromatic carbocycles. The van der Waals surface area contributed by atoms with Crippen LogP contribution >= 0.6 is 23.2 Å². The second kappa shape index (κ2) is 32.9. The Morgan fingerprint density at radius 2 is 0.513 bits per heavy atom. The lowest BCUT2D eigenvalue weighted by Gasteiger charge is -2.08. The lowest BCUT2D eigenvalue weighted by molar-refractivity contribution is 0.866. The van der Waals surface area contributed by atoms with Crippen molar-refractivity contribution in [3.63, 3.8) is 0 Å². The zero-order valence-electron chi connectivity index (χ0n) is 48.2. The Balaban J connectivity index is 0.000000200. The predicted molar refractivity (Wildman–Crippen MR) is 339 cm³/mol. The molecule has 0 unspecified atom stereocenters. The van der Waals surface area contributed by atoms with Gasteiger partial charge >= 0.3 is 0 Å². The first kappa shape index (κ1) is 62.1. The van der Waals surface area contributed by atoms with Crippen LogP contribution in [-0.4, -0.2) is 0 Å². The van der Waals surface area contributed by atoms with Gasteiger partial charge in [-0.2, -0.15) is 0 Å². The van der Waals surface area contributed by atoms with E-state index in [0.29, 0.717) is 35.5 Å². The maximum absolute atomic E-state index is 6.16. The number of hydrogen-bond donors (Lipinski definition) is 0. The quantitative estimate of drug-likeness (QED) is 0.135. The highest BCUT2D eigenvalue weighted by molar-refractivity contribution is 6.33. The highest BCUT2D eigenvalue weighted by atomic mass is 35.5. The molecule has 0 atom stereocenters. The first-order valence-corrected chi connectivity index (χ1v) is 28.1. The summed E-state index contributed by atoms with van der Waals surface area (Å²) in [5, 5.41) is 1.61. The molecule has 0 aliphatic heterocycles. The minimum absolute atomic E-state index is 0.570. The minimum atomic E-state index is 0.570. The van der Waals surface area contributed by atoms with Crippen molar-refractivity contribution in [2.45, 2.75) is 132 Å². The van der Waals surface area contributed by atoms with Gasteiger partial charge in [0.1, 0.15) is 0 Å². The van der Waals surface area contributed by atoms with Crippen LogP contribution in [0.5, 0.6) is 0 Å². The van der Waals surface area contributed by atoms with Crippen molar-refractivity contribution in [1.82, 2.24) is 0 Å². The summed E-state index contributed by atoms with van der Waals surface area (Å²) in [6, 6.07) is 80.5. The van der Waals surface area contributed by atoms with Crippen LogP contribution in [0.25, 0.3) is 33.4 Å². The molecule has 0 fully saturated rings. The van der Waals surface area contributed by atoms with Gasteiger partial charge in [0.25, 0.3) is 0 Å². The molecule has 0 saturated carbocycles. The van der Waals surface area contributed by atoms with Gasteiger partial charge in [-0.1, -0.05) is 324 Å². The van der Waals surface area contributed by atoms with Crippen molar-refractivity contribution in [2.24, 2.45) is 0 Å². The molecule has 9 rings (SSSR count). The van der Waals surface area contributed by atoms with Gasteiger partial charge in [-0.15, -0.1) is 0 Å². The molecule has 396 valence electrons.